The smallest absolute Gasteiger partial charge is 0.295 e. The topological polar surface area (TPSA) is 99.5 Å². The summed E-state index contributed by atoms with van der Waals surface area (Å²) in [5, 5.41) is 21.6. The van der Waals surface area contributed by atoms with Gasteiger partial charge in [-0.3, -0.25) is 9.59 Å². The van der Waals surface area contributed by atoms with E-state index in [-0.39, 0.29) is 16.9 Å². The van der Waals surface area contributed by atoms with Gasteiger partial charge in [0.15, 0.2) is 0 Å². The highest BCUT2D eigenvalue weighted by atomic mass is 16.5. The summed E-state index contributed by atoms with van der Waals surface area (Å²) in [6.45, 7) is 6.53. The van der Waals surface area contributed by atoms with Crippen LogP contribution < -0.4 is 9.47 Å². The van der Waals surface area contributed by atoms with E-state index in [1.54, 1.807) is 30.3 Å². The molecule has 3 rings (SSSR count). The largest absolute Gasteiger partial charge is 0.507 e. The second kappa shape index (κ2) is 10.4. The van der Waals surface area contributed by atoms with Gasteiger partial charge in [0.2, 0.25) is 0 Å². The number of nitrogens with zero attached hydrogens (tertiary/aromatic N) is 2. The number of methoxy groups -OCH3 is 2. The number of aliphatic hydroxyl groups excluding tert-OH is 1. The monoisotopic (exact) mass is 454 g/mol. The van der Waals surface area contributed by atoms with Crippen molar-refractivity contribution in [2.45, 2.75) is 19.9 Å². The number of hydrogen-bond donors (Lipinski definition) is 2. The first-order chi connectivity index (χ1) is 15.9. The van der Waals surface area contributed by atoms with Crippen LogP contribution in [0.25, 0.3) is 5.76 Å². The molecule has 176 valence electrons. The van der Waals surface area contributed by atoms with Crippen molar-refractivity contribution in [3.63, 3.8) is 0 Å². The molecule has 1 amide bonds. The van der Waals surface area contributed by atoms with Gasteiger partial charge in [-0.15, -0.1) is 0 Å². The molecule has 1 saturated heterocycles. The number of amides is 1. The number of Topliss-reactive ketones (excluding diaryl/α,β-unsaturated/α-hetero) is 1. The Hall–Kier alpha value is -3.52. The quantitative estimate of drug-likeness (QED) is 0.341. The van der Waals surface area contributed by atoms with E-state index in [9.17, 15) is 19.8 Å². The average molecular weight is 455 g/mol. The van der Waals surface area contributed by atoms with Crippen LogP contribution in [0.5, 0.6) is 17.2 Å². The second-order valence-corrected chi connectivity index (χ2v) is 7.64. The fourth-order valence-electron chi connectivity index (χ4n) is 4.10. The molecule has 0 aliphatic carbocycles. The molecule has 0 spiro atoms. The number of rotatable bonds is 9. The molecule has 8 nitrogen and oxygen atoms in total. The van der Waals surface area contributed by atoms with Crippen LogP contribution in [0.4, 0.5) is 0 Å². The summed E-state index contributed by atoms with van der Waals surface area (Å²) in [5.74, 6) is -1.34. The third-order valence-electron chi connectivity index (χ3n) is 5.99. The molecule has 2 N–H and O–H groups in total. The molecule has 0 bridgehead atoms. The molecule has 33 heavy (non-hydrogen) atoms. The molecule has 1 unspecified atom stereocenters. The zero-order valence-corrected chi connectivity index (χ0v) is 19.4. The number of ketones is 1. The number of carbonyl (C=O) groups is 2. The number of phenolic OH excluding ortho intramolecular Hbond substituents is 1. The first-order valence-electron chi connectivity index (χ1n) is 10.9. The molecule has 1 aliphatic rings. The maximum atomic E-state index is 13.2. The van der Waals surface area contributed by atoms with E-state index in [0.29, 0.717) is 30.2 Å². The maximum absolute atomic E-state index is 13.2. The van der Waals surface area contributed by atoms with Crippen molar-refractivity contribution in [1.29, 1.82) is 0 Å². The Morgan fingerprint density at radius 3 is 2.36 bits per heavy atom. The number of benzene rings is 2. The summed E-state index contributed by atoms with van der Waals surface area (Å²) in [6.07, 6.45) is 0. The van der Waals surface area contributed by atoms with E-state index < -0.39 is 23.5 Å². The summed E-state index contributed by atoms with van der Waals surface area (Å²) >= 11 is 0. The molecule has 1 heterocycles. The van der Waals surface area contributed by atoms with Crippen molar-refractivity contribution < 1.29 is 29.3 Å². The maximum Gasteiger partial charge on any atom is 0.295 e. The van der Waals surface area contributed by atoms with Crippen molar-refractivity contribution in [1.82, 2.24) is 9.80 Å². The fraction of sp³-hybridized carbons (Fsp3) is 0.360. The van der Waals surface area contributed by atoms with Gasteiger partial charge in [-0.1, -0.05) is 32.0 Å². The van der Waals surface area contributed by atoms with Crippen LogP contribution in [0, 0.1) is 0 Å². The summed E-state index contributed by atoms with van der Waals surface area (Å²) in [4.78, 5) is 29.9. The predicted molar refractivity (Wildman–Crippen MR) is 124 cm³/mol. The number of hydrogen-bond acceptors (Lipinski definition) is 7. The number of ether oxygens (including phenoxy) is 2. The Balaban J connectivity index is 2.17. The lowest BCUT2D eigenvalue weighted by Crippen LogP contribution is -2.38. The summed E-state index contributed by atoms with van der Waals surface area (Å²) < 4.78 is 10.6. The van der Waals surface area contributed by atoms with Crippen LogP contribution in [0.1, 0.15) is 31.0 Å². The van der Waals surface area contributed by atoms with Crippen molar-refractivity contribution in [2.24, 2.45) is 0 Å². The van der Waals surface area contributed by atoms with E-state index in [1.165, 1.54) is 31.3 Å². The van der Waals surface area contributed by atoms with E-state index in [2.05, 4.69) is 4.90 Å². The summed E-state index contributed by atoms with van der Waals surface area (Å²) in [7, 11) is 2.97. The molecule has 2 aromatic rings. The molecule has 0 saturated carbocycles. The molecular weight excluding hydrogens is 424 g/mol. The highest BCUT2D eigenvalue weighted by Gasteiger charge is 2.47. The second-order valence-electron chi connectivity index (χ2n) is 7.64. The summed E-state index contributed by atoms with van der Waals surface area (Å²) in [6, 6.07) is 10.6. The van der Waals surface area contributed by atoms with Gasteiger partial charge in [0, 0.05) is 24.7 Å². The average Bonchev–Trinajstić information content (AvgIpc) is 3.08. The lowest BCUT2D eigenvalue weighted by Gasteiger charge is -2.29. The molecule has 1 aliphatic heterocycles. The number of likely N-dealkylation sites (N-methyl/N-ethyl adjacent to an activating group) is 1. The van der Waals surface area contributed by atoms with Gasteiger partial charge in [0.05, 0.1) is 31.4 Å². The number of phenols is 1. The SMILES string of the molecule is CCN(CC)CCN1C(=O)C(=O)C(=C(O)c2ccc(OC)cc2O)C1c1ccccc1OC. The zero-order valence-electron chi connectivity index (χ0n) is 19.4. The minimum atomic E-state index is -0.863. The third kappa shape index (κ3) is 4.66. The van der Waals surface area contributed by atoms with Gasteiger partial charge in [0.1, 0.15) is 23.0 Å². The Morgan fingerprint density at radius 1 is 1.06 bits per heavy atom. The van der Waals surface area contributed by atoms with Gasteiger partial charge in [0.25, 0.3) is 11.7 Å². The number of para-hydroxylation sites is 1. The Kier molecular flexibility index (Phi) is 7.60. The highest BCUT2D eigenvalue weighted by Crippen LogP contribution is 2.43. The Bertz CT molecular complexity index is 1060. The summed E-state index contributed by atoms with van der Waals surface area (Å²) in [5.41, 5.74) is 0.523. The molecule has 2 aromatic carbocycles. The molecule has 0 aromatic heterocycles. The number of aliphatic hydroxyl groups is 1. The Morgan fingerprint density at radius 2 is 1.76 bits per heavy atom. The molecule has 1 fully saturated rings. The fourth-order valence-corrected chi connectivity index (χ4v) is 4.10. The van der Waals surface area contributed by atoms with Gasteiger partial charge >= 0.3 is 0 Å². The first-order valence-corrected chi connectivity index (χ1v) is 10.9. The van der Waals surface area contributed by atoms with Crippen molar-refractivity contribution >= 4 is 17.4 Å². The van der Waals surface area contributed by atoms with Crippen molar-refractivity contribution in [2.75, 3.05) is 40.4 Å². The van der Waals surface area contributed by atoms with Gasteiger partial charge < -0.3 is 29.5 Å². The number of aromatic hydroxyl groups is 1. The molecule has 0 radical (unpaired) electrons. The van der Waals surface area contributed by atoms with Crippen LogP contribution in [-0.2, 0) is 9.59 Å². The number of carbonyl (C=O) groups excluding carboxylic acids is 2. The molecular formula is C25H30N2O6. The normalized spacial score (nSPS) is 17.6. The third-order valence-corrected chi connectivity index (χ3v) is 5.99. The van der Waals surface area contributed by atoms with Crippen LogP contribution in [0.2, 0.25) is 0 Å². The van der Waals surface area contributed by atoms with Crippen LogP contribution >= 0.6 is 0 Å². The Labute approximate surface area is 193 Å². The lowest BCUT2D eigenvalue weighted by molar-refractivity contribution is -0.140. The van der Waals surface area contributed by atoms with E-state index in [0.717, 1.165) is 13.1 Å². The minimum absolute atomic E-state index is 0.0393. The predicted octanol–water partition coefficient (Wildman–Crippen LogP) is 3.17. The van der Waals surface area contributed by atoms with Crippen LogP contribution in [0.3, 0.4) is 0 Å². The van der Waals surface area contributed by atoms with E-state index in [4.69, 9.17) is 9.47 Å². The zero-order chi connectivity index (χ0) is 24.1. The first kappa shape index (κ1) is 24.1. The lowest BCUT2D eigenvalue weighted by atomic mass is 9.94. The van der Waals surface area contributed by atoms with Gasteiger partial charge in [-0.25, -0.2) is 0 Å². The van der Waals surface area contributed by atoms with Crippen molar-refractivity contribution in [3.8, 4) is 17.2 Å². The molecule has 8 heteroatoms. The van der Waals surface area contributed by atoms with E-state index in [1.807, 2.05) is 13.8 Å². The van der Waals surface area contributed by atoms with Gasteiger partial charge in [-0.2, -0.15) is 0 Å². The number of likely N-dealkylation sites (tertiary alicyclic amines) is 1. The van der Waals surface area contributed by atoms with Crippen LogP contribution in [-0.4, -0.2) is 72.1 Å². The van der Waals surface area contributed by atoms with Crippen molar-refractivity contribution in [3.05, 3.63) is 59.2 Å². The van der Waals surface area contributed by atoms with Crippen LogP contribution in [0.15, 0.2) is 48.0 Å². The molecule has 1 atom stereocenters. The van der Waals surface area contributed by atoms with Gasteiger partial charge in [-0.05, 0) is 31.3 Å². The van der Waals surface area contributed by atoms with E-state index >= 15 is 0 Å². The highest BCUT2D eigenvalue weighted by molar-refractivity contribution is 6.46. The standard InChI is InChI=1S/C25H30N2O6/c1-5-26(6-2)13-14-27-22(18-9-7-8-10-20(18)33-4)21(24(30)25(27)31)23(29)17-12-11-16(32-3)15-19(17)28/h7-12,15,22,28-29H,5-6,13-14H2,1-4H3. The minimum Gasteiger partial charge on any atom is -0.507 e.